The predicted octanol–water partition coefficient (Wildman–Crippen LogP) is 6.95. The number of rotatable bonds is 12. The minimum Gasteiger partial charge on any atom is -0.494 e. The Bertz CT molecular complexity index is 962. The van der Waals surface area contributed by atoms with Gasteiger partial charge in [0.25, 0.3) is 0 Å². The van der Waals surface area contributed by atoms with E-state index in [1.807, 2.05) is 31.2 Å². The van der Waals surface area contributed by atoms with Crippen molar-refractivity contribution in [1.82, 2.24) is 0 Å². The van der Waals surface area contributed by atoms with Crippen molar-refractivity contribution in [3.63, 3.8) is 0 Å². The molecule has 32 heavy (non-hydrogen) atoms. The van der Waals surface area contributed by atoms with Gasteiger partial charge in [-0.1, -0.05) is 76.4 Å². The lowest BCUT2D eigenvalue weighted by atomic mass is 9.78. The molecule has 0 fully saturated rings. The van der Waals surface area contributed by atoms with Gasteiger partial charge in [-0.05, 0) is 41.8 Å². The molecule has 0 aliphatic heterocycles. The van der Waals surface area contributed by atoms with Crippen molar-refractivity contribution in [3.8, 4) is 11.5 Å². The van der Waals surface area contributed by atoms with Crippen LogP contribution in [0.25, 0.3) is 0 Å². The number of benzene rings is 2. The van der Waals surface area contributed by atoms with Gasteiger partial charge in [-0.25, -0.2) is 8.42 Å². The van der Waals surface area contributed by atoms with E-state index >= 15 is 0 Å². The molecule has 0 heterocycles. The van der Waals surface area contributed by atoms with Crippen LogP contribution in [0.3, 0.4) is 0 Å². The van der Waals surface area contributed by atoms with Crippen molar-refractivity contribution in [2.45, 2.75) is 52.9 Å². The summed E-state index contributed by atoms with van der Waals surface area (Å²) < 4.78 is 35.2. The second-order valence-corrected chi connectivity index (χ2v) is 11.9. The van der Waals surface area contributed by atoms with Crippen molar-refractivity contribution >= 4 is 33.0 Å². The second kappa shape index (κ2) is 11.6. The van der Waals surface area contributed by atoms with Crippen molar-refractivity contribution < 1.29 is 17.9 Å². The first-order valence-corrected chi connectivity index (χ1v) is 13.6. The molecular formula is C25H34Cl2O4S. The molecule has 0 amide bonds. The zero-order valence-electron chi connectivity index (χ0n) is 19.6. The van der Waals surface area contributed by atoms with Crippen LogP contribution in [0.5, 0.6) is 11.5 Å². The van der Waals surface area contributed by atoms with Gasteiger partial charge in [0, 0.05) is 17.1 Å². The molecule has 0 aromatic heterocycles. The van der Waals surface area contributed by atoms with Gasteiger partial charge in [0.1, 0.15) is 15.6 Å². The summed E-state index contributed by atoms with van der Waals surface area (Å²) in [7, 11) is -3.06. The first kappa shape index (κ1) is 26.8. The summed E-state index contributed by atoms with van der Waals surface area (Å²) in [6.07, 6.45) is 2.13. The molecule has 7 heteroatoms. The lowest BCUT2D eigenvalue weighted by Gasteiger charge is -2.27. The van der Waals surface area contributed by atoms with E-state index in [2.05, 4.69) is 32.9 Å². The fourth-order valence-electron chi connectivity index (χ4n) is 3.35. The Labute approximate surface area is 203 Å². The van der Waals surface area contributed by atoms with Gasteiger partial charge in [-0.2, -0.15) is 0 Å². The summed E-state index contributed by atoms with van der Waals surface area (Å²) in [5, 5.41) is 0.816. The summed E-state index contributed by atoms with van der Waals surface area (Å²) in [6, 6.07) is 11.8. The van der Waals surface area contributed by atoms with Gasteiger partial charge in [0.05, 0.1) is 29.0 Å². The fraction of sp³-hybridized carbons (Fsp3) is 0.520. The zero-order chi connectivity index (χ0) is 23.9. The molecule has 0 aliphatic carbocycles. The van der Waals surface area contributed by atoms with E-state index in [0.29, 0.717) is 15.8 Å². The Morgan fingerprint density at radius 1 is 0.969 bits per heavy atom. The molecule has 0 unspecified atom stereocenters. The summed E-state index contributed by atoms with van der Waals surface area (Å²) >= 11 is 13.0. The van der Waals surface area contributed by atoms with Gasteiger partial charge in [0.15, 0.2) is 5.75 Å². The second-order valence-electron chi connectivity index (χ2n) is 8.74. The third kappa shape index (κ3) is 7.29. The Hall–Kier alpha value is -1.43. The van der Waals surface area contributed by atoms with Crippen LogP contribution in [0.4, 0.5) is 0 Å². The first-order chi connectivity index (χ1) is 15.0. The highest BCUT2D eigenvalue weighted by atomic mass is 35.5. The fourth-order valence-corrected chi connectivity index (χ4v) is 5.15. The normalized spacial score (nSPS) is 13.1. The smallest absolute Gasteiger partial charge is 0.156 e. The number of hydrogen-bond acceptors (Lipinski definition) is 4. The van der Waals surface area contributed by atoms with Gasteiger partial charge in [-0.15, -0.1) is 0 Å². The average Bonchev–Trinajstić information content (AvgIpc) is 2.73. The van der Waals surface area contributed by atoms with Crippen LogP contribution >= 0.6 is 23.2 Å². The van der Waals surface area contributed by atoms with E-state index in [-0.39, 0.29) is 29.4 Å². The van der Waals surface area contributed by atoms with Crippen molar-refractivity contribution in [2.24, 2.45) is 5.92 Å². The number of ether oxygens (including phenoxy) is 2. The van der Waals surface area contributed by atoms with Crippen LogP contribution in [-0.2, 0) is 15.3 Å². The number of halogens is 2. The largest absolute Gasteiger partial charge is 0.494 e. The van der Waals surface area contributed by atoms with Gasteiger partial charge in [0.2, 0.25) is 0 Å². The molecule has 2 aromatic carbocycles. The SMILES string of the molecule is CCCCOc1ccc(C(C)(C)c2cc(Cl)c(OC[C@@H](C)CS(=O)(=O)CC)c(Cl)c2)cc1. The number of unbranched alkanes of at least 4 members (excludes halogenated alkanes) is 1. The molecule has 178 valence electrons. The molecule has 2 aromatic rings. The highest BCUT2D eigenvalue weighted by molar-refractivity contribution is 7.91. The third-order valence-electron chi connectivity index (χ3n) is 5.55. The Morgan fingerprint density at radius 3 is 2.09 bits per heavy atom. The lowest BCUT2D eigenvalue weighted by Crippen LogP contribution is -2.21. The molecule has 0 aliphatic rings. The van der Waals surface area contributed by atoms with Crippen LogP contribution in [0.1, 0.15) is 58.6 Å². The molecule has 2 rings (SSSR count). The summed E-state index contributed by atoms with van der Waals surface area (Å²) in [4.78, 5) is 0. The molecule has 0 spiro atoms. The Balaban J connectivity index is 2.15. The van der Waals surface area contributed by atoms with Gasteiger partial charge < -0.3 is 9.47 Å². The van der Waals surface area contributed by atoms with Crippen molar-refractivity contribution in [3.05, 3.63) is 57.6 Å². The van der Waals surface area contributed by atoms with E-state index in [1.165, 1.54) is 0 Å². The molecule has 1 atom stereocenters. The van der Waals surface area contributed by atoms with Crippen LogP contribution < -0.4 is 9.47 Å². The topological polar surface area (TPSA) is 52.6 Å². The van der Waals surface area contributed by atoms with Crippen LogP contribution in [0.2, 0.25) is 10.0 Å². The molecule has 0 radical (unpaired) electrons. The minimum atomic E-state index is -3.06. The molecular weight excluding hydrogens is 467 g/mol. The highest BCUT2D eigenvalue weighted by Crippen LogP contribution is 2.40. The summed E-state index contributed by atoms with van der Waals surface area (Å²) in [5.41, 5.74) is 1.73. The summed E-state index contributed by atoms with van der Waals surface area (Å²) in [6.45, 7) is 10.8. The Morgan fingerprint density at radius 2 is 1.56 bits per heavy atom. The third-order valence-corrected chi connectivity index (χ3v) is 8.07. The Kier molecular flexibility index (Phi) is 9.74. The molecule has 0 saturated carbocycles. The average molecular weight is 502 g/mol. The standard InChI is InChI=1S/C25H34Cl2O4S/c1-6-8-13-30-21-11-9-19(10-12-21)25(4,5)20-14-22(26)24(23(27)15-20)31-16-18(3)17-32(28,29)7-2/h9-12,14-15,18H,6-8,13,16-17H2,1-5H3/t18-/m1/s1. The maximum Gasteiger partial charge on any atom is 0.156 e. The number of sulfone groups is 1. The maximum absolute atomic E-state index is 11.8. The van der Waals surface area contributed by atoms with E-state index in [9.17, 15) is 8.42 Å². The van der Waals surface area contributed by atoms with E-state index in [1.54, 1.807) is 6.92 Å². The van der Waals surface area contributed by atoms with Gasteiger partial charge >= 0.3 is 0 Å². The van der Waals surface area contributed by atoms with Gasteiger partial charge in [-0.3, -0.25) is 0 Å². The van der Waals surface area contributed by atoms with Crippen LogP contribution in [-0.4, -0.2) is 33.1 Å². The van der Waals surface area contributed by atoms with Crippen LogP contribution in [0.15, 0.2) is 36.4 Å². The van der Waals surface area contributed by atoms with Crippen molar-refractivity contribution in [2.75, 3.05) is 24.7 Å². The van der Waals surface area contributed by atoms with E-state index in [4.69, 9.17) is 32.7 Å². The summed E-state index contributed by atoms with van der Waals surface area (Å²) in [5.74, 6) is 1.27. The molecule has 0 N–H and O–H groups in total. The first-order valence-electron chi connectivity index (χ1n) is 11.1. The quantitative estimate of drug-likeness (QED) is 0.296. The minimum absolute atomic E-state index is 0.0714. The molecule has 0 bridgehead atoms. The number of hydrogen-bond donors (Lipinski definition) is 0. The lowest BCUT2D eigenvalue weighted by molar-refractivity contribution is 0.272. The molecule has 4 nitrogen and oxygen atoms in total. The highest BCUT2D eigenvalue weighted by Gasteiger charge is 2.26. The van der Waals surface area contributed by atoms with Crippen molar-refractivity contribution in [1.29, 1.82) is 0 Å². The maximum atomic E-state index is 11.8. The van der Waals surface area contributed by atoms with E-state index in [0.717, 1.165) is 36.3 Å². The zero-order valence-corrected chi connectivity index (χ0v) is 21.9. The molecule has 0 saturated heterocycles. The monoisotopic (exact) mass is 500 g/mol. The predicted molar refractivity (Wildman–Crippen MR) is 134 cm³/mol. The van der Waals surface area contributed by atoms with E-state index < -0.39 is 9.84 Å². The van der Waals surface area contributed by atoms with Crippen LogP contribution in [0, 0.1) is 5.92 Å².